The van der Waals surface area contributed by atoms with Gasteiger partial charge in [0.1, 0.15) is 17.2 Å². The molecular weight excluding hydrogens is 553 g/mol. The van der Waals surface area contributed by atoms with Gasteiger partial charge in [-0.05, 0) is 54.1 Å². The van der Waals surface area contributed by atoms with Crippen LogP contribution in [0.5, 0.6) is 11.5 Å². The standard InChI is InChI=1S/C29H25F3N6O4/c1-18(17-38-13-3-11-35-38)26(39)14-19-4-5-21(15-24(19)29(30,31)32)37-28(41)36-20-6-8-22(9-7-20)42-23-10-12-34-25(16-23)27(40)33-2/h3-13,15-16H,1,14,17H2,2H3,(H,33,40)(H2,36,37,41). The Balaban J connectivity index is 1.38. The SMILES string of the molecule is C=C(Cn1cccn1)C(=O)Cc1ccc(NC(=O)Nc2ccc(Oc3ccnc(C(=O)NC)c3)cc2)cc1C(F)(F)F. The van der Waals surface area contributed by atoms with Crippen LogP contribution in [0.4, 0.5) is 29.3 Å². The quantitative estimate of drug-likeness (QED) is 0.215. The number of rotatable bonds is 10. The van der Waals surface area contributed by atoms with Crippen molar-refractivity contribution in [3.63, 3.8) is 0 Å². The van der Waals surface area contributed by atoms with Crippen LogP contribution in [0.3, 0.4) is 0 Å². The number of ether oxygens (including phenoxy) is 1. The molecule has 10 nitrogen and oxygen atoms in total. The van der Waals surface area contributed by atoms with Crippen LogP contribution >= 0.6 is 0 Å². The predicted octanol–water partition coefficient (Wildman–Crippen LogP) is 5.46. The molecule has 4 rings (SSSR count). The molecule has 0 fully saturated rings. The first kappa shape index (κ1) is 29.5. The largest absolute Gasteiger partial charge is 0.457 e. The number of benzene rings is 2. The van der Waals surface area contributed by atoms with E-state index in [0.29, 0.717) is 17.2 Å². The number of nitrogens with one attached hydrogen (secondary N) is 3. The maximum absolute atomic E-state index is 13.8. The smallest absolute Gasteiger partial charge is 0.416 e. The summed E-state index contributed by atoms with van der Waals surface area (Å²) in [4.78, 5) is 40.8. The predicted molar refractivity (Wildman–Crippen MR) is 148 cm³/mol. The summed E-state index contributed by atoms with van der Waals surface area (Å²) in [5.41, 5.74) is -0.774. The number of aromatic nitrogens is 3. The fourth-order valence-electron chi connectivity index (χ4n) is 3.81. The van der Waals surface area contributed by atoms with E-state index in [1.165, 1.54) is 48.4 Å². The van der Waals surface area contributed by atoms with E-state index in [0.717, 1.165) is 12.1 Å². The van der Waals surface area contributed by atoms with Gasteiger partial charge in [0.15, 0.2) is 5.78 Å². The van der Waals surface area contributed by atoms with Crippen LogP contribution in [0, 0.1) is 0 Å². The number of Topliss-reactive ketones (excluding diaryl/α,β-unsaturated/α-hetero) is 1. The highest BCUT2D eigenvalue weighted by Crippen LogP contribution is 2.34. The topological polar surface area (TPSA) is 127 Å². The average molecular weight is 579 g/mol. The number of urea groups is 1. The minimum Gasteiger partial charge on any atom is -0.457 e. The van der Waals surface area contributed by atoms with Gasteiger partial charge >= 0.3 is 12.2 Å². The summed E-state index contributed by atoms with van der Waals surface area (Å²) in [6, 6.07) is 13.3. The van der Waals surface area contributed by atoms with Gasteiger partial charge in [-0.3, -0.25) is 19.3 Å². The number of pyridine rings is 1. The summed E-state index contributed by atoms with van der Waals surface area (Å²) in [5, 5.41) is 11.3. The van der Waals surface area contributed by atoms with Crippen molar-refractivity contribution in [1.29, 1.82) is 0 Å². The van der Waals surface area contributed by atoms with Gasteiger partial charge < -0.3 is 20.7 Å². The molecule has 42 heavy (non-hydrogen) atoms. The van der Waals surface area contributed by atoms with Gasteiger partial charge in [-0.25, -0.2) is 4.79 Å². The van der Waals surface area contributed by atoms with Crippen LogP contribution in [-0.4, -0.2) is 39.5 Å². The first-order valence-corrected chi connectivity index (χ1v) is 12.4. The number of carbonyl (C=O) groups is 3. The highest BCUT2D eigenvalue weighted by atomic mass is 19.4. The lowest BCUT2D eigenvalue weighted by molar-refractivity contribution is -0.138. The molecule has 3 amide bonds. The zero-order valence-corrected chi connectivity index (χ0v) is 22.2. The number of nitrogens with zero attached hydrogens (tertiary/aromatic N) is 3. The number of hydrogen-bond acceptors (Lipinski definition) is 6. The highest BCUT2D eigenvalue weighted by Gasteiger charge is 2.34. The number of halogens is 3. The van der Waals surface area contributed by atoms with E-state index in [2.05, 4.69) is 32.6 Å². The van der Waals surface area contributed by atoms with E-state index in [-0.39, 0.29) is 35.0 Å². The molecule has 0 spiro atoms. The summed E-state index contributed by atoms with van der Waals surface area (Å²) in [5.74, 6) is -0.154. The van der Waals surface area contributed by atoms with Gasteiger partial charge in [0.05, 0.1) is 12.1 Å². The first-order valence-electron chi connectivity index (χ1n) is 12.4. The number of anilines is 2. The van der Waals surface area contributed by atoms with Crippen LogP contribution in [-0.2, 0) is 23.9 Å². The third kappa shape index (κ3) is 7.81. The van der Waals surface area contributed by atoms with Gasteiger partial charge in [-0.2, -0.15) is 18.3 Å². The van der Waals surface area contributed by atoms with Gasteiger partial charge in [0.2, 0.25) is 0 Å². The second-order valence-corrected chi connectivity index (χ2v) is 8.94. The Morgan fingerprint density at radius 2 is 1.67 bits per heavy atom. The van der Waals surface area contributed by atoms with Crippen molar-refractivity contribution in [3.05, 3.63) is 108 Å². The van der Waals surface area contributed by atoms with Crippen LogP contribution in [0.2, 0.25) is 0 Å². The summed E-state index contributed by atoms with van der Waals surface area (Å²) >= 11 is 0. The lowest BCUT2D eigenvalue weighted by Crippen LogP contribution is -2.20. The molecule has 0 atom stereocenters. The number of allylic oxidation sites excluding steroid dienone is 1. The van der Waals surface area contributed by atoms with Crippen molar-refractivity contribution in [2.45, 2.75) is 19.1 Å². The Hall–Kier alpha value is -5.46. The Morgan fingerprint density at radius 1 is 0.952 bits per heavy atom. The van der Waals surface area contributed by atoms with Crippen molar-refractivity contribution in [1.82, 2.24) is 20.1 Å². The van der Waals surface area contributed by atoms with Gasteiger partial charge in [-0.15, -0.1) is 0 Å². The molecule has 0 radical (unpaired) electrons. The zero-order valence-electron chi connectivity index (χ0n) is 22.2. The Labute approximate surface area is 238 Å². The molecule has 3 N–H and O–H groups in total. The van der Waals surface area contributed by atoms with E-state index in [9.17, 15) is 27.6 Å². The first-order chi connectivity index (χ1) is 20.0. The molecule has 0 saturated carbocycles. The number of amides is 3. The lowest BCUT2D eigenvalue weighted by Gasteiger charge is -2.16. The minimum atomic E-state index is -4.77. The number of carbonyl (C=O) groups excluding carboxylic acids is 3. The van der Waals surface area contributed by atoms with Gasteiger partial charge in [-0.1, -0.05) is 12.6 Å². The maximum Gasteiger partial charge on any atom is 0.416 e. The molecule has 4 aromatic rings. The molecule has 0 bridgehead atoms. The summed E-state index contributed by atoms with van der Waals surface area (Å²) in [7, 11) is 1.48. The third-order valence-electron chi connectivity index (χ3n) is 5.87. The Kier molecular flexibility index (Phi) is 9.00. The van der Waals surface area contributed by atoms with E-state index in [1.807, 2.05) is 0 Å². The van der Waals surface area contributed by atoms with Gasteiger partial charge in [0.25, 0.3) is 5.91 Å². The molecule has 0 aliphatic carbocycles. The van der Waals surface area contributed by atoms with Crippen LogP contribution < -0.4 is 20.7 Å². The number of alkyl halides is 3. The Bertz CT molecular complexity index is 1600. The van der Waals surface area contributed by atoms with E-state index in [4.69, 9.17) is 4.74 Å². The van der Waals surface area contributed by atoms with Crippen molar-refractivity contribution in [3.8, 4) is 11.5 Å². The van der Waals surface area contributed by atoms with E-state index in [1.54, 1.807) is 30.5 Å². The van der Waals surface area contributed by atoms with Crippen molar-refractivity contribution < 1.29 is 32.3 Å². The molecular formula is C29H25F3N6O4. The average Bonchev–Trinajstić information content (AvgIpc) is 3.47. The molecule has 0 unspecified atom stereocenters. The monoisotopic (exact) mass is 578 g/mol. The van der Waals surface area contributed by atoms with Gasteiger partial charge in [0, 0.05) is 55.1 Å². The van der Waals surface area contributed by atoms with Crippen LogP contribution in [0.1, 0.15) is 21.6 Å². The molecule has 2 aromatic heterocycles. The fourth-order valence-corrected chi connectivity index (χ4v) is 3.81. The van der Waals surface area contributed by atoms with Crippen LogP contribution in [0.15, 0.2) is 91.4 Å². The molecule has 0 aliphatic rings. The molecule has 13 heteroatoms. The number of hydrogen-bond donors (Lipinski definition) is 3. The van der Waals surface area contributed by atoms with E-state index < -0.39 is 30.0 Å². The molecule has 2 aromatic carbocycles. The Morgan fingerprint density at radius 3 is 2.33 bits per heavy atom. The molecule has 0 saturated heterocycles. The molecule has 0 aliphatic heterocycles. The maximum atomic E-state index is 13.8. The summed E-state index contributed by atoms with van der Waals surface area (Å²) < 4.78 is 48.6. The normalized spacial score (nSPS) is 11.0. The van der Waals surface area contributed by atoms with Crippen molar-refractivity contribution in [2.75, 3.05) is 17.7 Å². The summed E-state index contributed by atoms with van der Waals surface area (Å²) in [6.45, 7) is 3.73. The van der Waals surface area contributed by atoms with Crippen molar-refractivity contribution >= 4 is 29.1 Å². The highest BCUT2D eigenvalue weighted by molar-refractivity contribution is 6.00. The zero-order chi connectivity index (χ0) is 30.3. The molecule has 2 heterocycles. The van der Waals surface area contributed by atoms with Crippen molar-refractivity contribution in [2.24, 2.45) is 0 Å². The second-order valence-electron chi connectivity index (χ2n) is 8.94. The lowest BCUT2D eigenvalue weighted by atomic mass is 9.98. The van der Waals surface area contributed by atoms with Crippen LogP contribution in [0.25, 0.3) is 0 Å². The third-order valence-corrected chi connectivity index (χ3v) is 5.87. The van der Waals surface area contributed by atoms with E-state index >= 15 is 0 Å². The number of ketones is 1. The minimum absolute atomic E-state index is 0.0580. The second kappa shape index (κ2) is 12.8. The molecule has 216 valence electrons. The summed E-state index contributed by atoms with van der Waals surface area (Å²) in [6.07, 6.45) is -0.725. The fraction of sp³-hybridized carbons (Fsp3) is 0.138.